The number of hydrogen-bond acceptors (Lipinski definition) is 2. The Bertz CT molecular complexity index is 218. The van der Waals surface area contributed by atoms with Gasteiger partial charge in [-0.3, -0.25) is 4.79 Å². The lowest BCUT2D eigenvalue weighted by molar-refractivity contribution is -0.123. The molecule has 1 aliphatic heterocycles. The molecule has 2 heteroatoms. The summed E-state index contributed by atoms with van der Waals surface area (Å²) >= 11 is 0. The smallest absolute Gasteiger partial charge is 0.137 e. The number of piperidine rings is 1. The second kappa shape index (κ2) is 5.77. The molecule has 1 rings (SSSR count). The van der Waals surface area contributed by atoms with Crippen molar-refractivity contribution in [2.75, 3.05) is 13.1 Å². The van der Waals surface area contributed by atoms with Crippen LogP contribution in [0.4, 0.5) is 0 Å². The Morgan fingerprint density at radius 2 is 2.15 bits per heavy atom. The Labute approximate surface area is 80.1 Å². The lowest BCUT2D eigenvalue weighted by Crippen LogP contribution is -2.31. The summed E-state index contributed by atoms with van der Waals surface area (Å²) < 4.78 is 0. The Hall–Kier alpha value is -0.810. The number of ketones is 1. The molecular formula is C11H17NO. The number of carbonyl (C=O) groups excluding carboxylic acids is 1. The molecule has 1 saturated heterocycles. The van der Waals surface area contributed by atoms with Crippen LogP contribution in [0.5, 0.6) is 0 Å². The van der Waals surface area contributed by atoms with E-state index in [-0.39, 0.29) is 0 Å². The Morgan fingerprint density at radius 1 is 1.46 bits per heavy atom. The van der Waals surface area contributed by atoms with Crippen LogP contribution in [0.25, 0.3) is 0 Å². The van der Waals surface area contributed by atoms with Crippen LogP contribution in [0.15, 0.2) is 0 Å². The van der Waals surface area contributed by atoms with Gasteiger partial charge in [-0.05, 0) is 32.9 Å². The number of rotatable bonds is 3. The highest BCUT2D eigenvalue weighted by atomic mass is 16.1. The van der Waals surface area contributed by atoms with E-state index in [1.54, 1.807) is 0 Å². The highest BCUT2D eigenvalue weighted by molar-refractivity contribution is 5.81. The van der Waals surface area contributed by atoms with Gasteiger partial charge in [-0.15, -0.1) is 11.8 Å². The van der Waals surface area contributed by atoms with Crippen LogP contribution >= 0.6 is 0 Å². The van der Waals surface area contributed by atoms with Gasteiger partial charge in [-0.2, -0.15) is 0 Å². The van der Waals surface area contributed by atoms with E-state index in [1.807, 2.05) is 6.92 Å². The summed E-state index contributed by atoms with van der Waals surface area (Å²) in [6, 6.07) is 0. The standard InChI is InChI=1S/C11H17NO/c1-2-3-4-5-11(13)10-6-8-12-9-7-10/h10,12H,4-9H2,1H3. The van der Waals surface area contributed by atoms with Crippen LogP contribution in [0.1, 0.15) is 32.6 Å². The molecule has 0 aliphatic carbocycles. The lowest BCUT2D eigenvalue weighted by atomic mass is 9.91. The fourth-order valence-corrected chi connectivity index (χ4v) is 1.66. The molecule has 0 unspecified atom stereocenters. The average Bonchev–Trinajstić information content (AvgIpc) is 2.19. The molecule has 1 fully saturated rings. The number of nitrogens with one attached hydrogen (secondary N) is 1. The topological polar surface area (TPSA) is 29.1 Å². The quantitative estimate of drug-likeness (QED) is 0.663. The molecule has 0 aromatic rings. The van der Waals surface area contributed by atoms with E-state index in [4.69, 9.17) is 0 Å². The third-order valence-electron chi connectivity index (χ3n) is 2.47. The minimum atomic E-state index is 0.305. The summed E-state index contributed by atoms with van der Waals surface area (Å²) in [6.45, 7) is 3.81. The number of hydrogen-bond donors (Lipinski definition) is 1. The van der Waals surface area contributed by atoms with E-state index in [1.165, 1.54) is 0 Å². The normalized spacial score (nSPS) is 17.6. The van der Waals surface area contributed by atoms with Gasteiger partial charge in [0.25, 0.3) is 0 Å². The fourth-order valence-electron chi connectivity index (χ4n) is 1.66. The van der Waals surface area contributed by atoms with Crippen molar-refractivity contribution in [3.8, 4) is 11.8 Å². The van der Waals surface area contributed by atoms with Crippen LogP contribution in [0.3, 0.4) is 0 Å². The van der Waals surface area contributed by atoms with E-state index >= 15 is 0 Å². The van der Waals surface area contributed by atoms with Gasteiger partial charge >= 0.3 is 0 Å². The van der Waals surface area contributed by atoms with E-state index in [9.17, 15) is 4.79 Å². The van der Waals surface area contributed by atoms with E-state index in [0.29, 0.717) is 18.1 Å². The summed E-state index contributed by atoms with van der Waals surface area (Å²) in [4.78, 5) is 11.6. The highest BCUT2D eigenvalue weighted by Gasteiger charge is 2.19. The maximum absolute atomic E-state index is 11.6. The second-order valence-electron chi connectivity index (χ2n) is 3.42. The molecular weight excluding hydrogens is 162 g/mol. The fraction of sp³-hybridized carbons (Fsp3) is 0.727. The molecule has 0 spiro atoms. The molecule has 1 aliphatic rings. The molecule has 0 aromatic heterocycles. The molecule has 1 heterocycles. The highest BCUT2D eigenvalue weighted by Crippen LogP contribution is 2.14. The van der Waals surface area contributed by atoms with Gasteiger partial charge in [-0.1, -0.05) is 0 Å². The molecule has 0 bridgehead atoms. The SMILES string of the molecule is CC#CCCC(=O)C1CCNCC1. The molecule has 0 atom stereocenters. The molecule has 1 N–H and O–H groups in total. The van der Waals surface area contributed by atoms with Gasteiger partial charge in [0.2, 0.25) is 0 Å². The van der Waals surface area contributed by atoms with Crippen molar-refractivity contribution in [1.29, 1.82) is 0 Å². The van der Waals surface area contributed by atoms with E-state index < -0.39 is 0 Å². The van der Waals surface area contributed by atoms with Crippen molar-refractivity contribution >= 4 is 5.78 Å². The Kier molecular flexibility index (Phi) is 4.56. The van der Waals surface area contributed by atoms with Crippen molar-refractivity contribution in [1.82, 2.24) is 5.32 Å². The van der Waals surface area contributed by atoms with Gasteiger partial charge in [0.05, 0.1) is 0 Å². The second-order valence-corrected chi connectivity index (χ2v) is 3.42. The molecule has 0 aromatic carbocycles. The molecule has 0 radical (unpaired) electrons. The van der Waals surface area contributed by atoms with Crippen LogP contribution in [-0.4, -0.2) is 18.9 Å². The molecule has 0 amide bonds. The predicted octanol–water partition coefficient (Wildman–Crippen LogP) is 1.36. The van der Waals surface area contributed by atoms with Crippen LogP contribution < -0.4 is 5.32 Å². The maximum atomic E-state index is 11.6. The van der Waals surface area contributed by atoms with Crippen molar-refractivity contribution < 1.29 is 4.79 Å². The lowest BCUT2D eigenvalue weighted by Gasteiger charge is -2.20. The van der Waals surface area contributed by atoms with Crippen molar-refractivity contribution in [3.63, 3.8) is 0 Å². The van der Waals surface area contributed by atoms with Crippen molar-refractivity contribution in [2.45, 2.75) is 32.6 Å². The molecule has 13 heavy (non-hydrogen) atoms. The van der Waals surface area contributed by atoms with Crippen LogP contribution in [-0.2, 0) is 4.79 Å². The van der Waals surface area contributed by atoms with Crippen molar-refractivity contribution in [3.05, 3.63) is 0 Å². The zero-order valence-corrected chi connectivity index (χ0v) is 8.23. The number of carbonyl (C=O) groups is 1. The maximum Gasteiger partial charge on any atom is 0.137 e. The van der Waals surface area contributed by atoms with Gasteiger partial charge in [0.15, 0.2) is 0 Å². The Morgan fingerprint density at radius 3 is 2.77 bits per heavy atom. The first-order valence-electron chi connectivity index (χ1n) is 4.97. The minimum Gasteiger partial charge on any atom is -0.317 e. The third-order valence-corrected chi connectivity index (χ3v) is 2.47. The van der Waals surface area contributed by atoms with E-state index in [0.717, 1.165) is 32.4 Å². The van der Waals surface area contributed by atoms with Gasteiger partial charge in [0.1, 0.15) is 5.78 Å². The summed E-state index contributed by atoms with van der Waals surface area (Å²) in [7, 11) is 0. The molecule has 72 valence electrons. The van der Waals surface area contributed by atoms with Gasteiger partial charge in [-0.25, -0.2) is 0 Å². The monoisotopic (exact) mass is 179 g/mol. The molecule has 0 saturated carbocycles. The number of Topliss-reactive ketones (excluding diaryl/α,β-unsaturated/α-hetero) is 1. The molecule has 2 nitrogen and oxygen atoms in total. The first kappa shape index (κ1) is 10.3. The summed E-state index contributed by atoms with van der Waals surface area (Å²) in [5, 5.41) is 3.26. The Balaban J connectivity index is 2.23. The predicted molar refractivity (Wildman–Crippen MR) is 53.3 cm³/mol. The summed E-state index contributed by atoms with van der Waals surface area (Å²) in [5.74, 6) is 6.46. The van der Waals surface area contributed by atoms with Crippen LogP contribution in [0.2, 0.25) is 0 Å². The minimum absolute atomic E-state index is 0.305. The summed E-state index contributed by atoms with van der Waals surface area (Å²) in [5.41, 5.74) is 0. The van der Waals surface area contributed by atoms with Crippen molar-refractivity contribution in [2.24, 2.45) is 5.92 Å². The van der Waals surface area contributed by atoms with Gasteiger partial charge in [0, 0.05) is 18.8 Å². The van der Waals surface area contributed by atoms with Gasteiger partial charge < -0.3 is 5.32 Å². The van der Waals surface area contributed by atoms with E-state index in [2.05, 4.69) is 17.2 Å². The van der Waals surface area contributed by atoms with Crippen LogP contribution in [0, 0.1) is 17.8 Å². The average molecular weight is 179 g/mol. The first-order valence-corrected chi connectivity index (χ1v) is 4.97. The largest absolute Gasteiger partial charge is 0.317 e. The summed E-state index contributed by atoms with van der Waals surface area (Å²) in [6.07, 6.45) is 3.40. The zero-order chi connectivity index (χ0) is 9.52. The zero-order valence-electron chi connectivity index (χ0n) is 8.23. The third kappa shape index (κ3) is 3.61. The first-order chi connectivity index (χ1) is 6.34.